The van der Waals surface area contributed by atoms with Crippen molar-refractivity contribution in [3.63, 3.8) is 0 Å². The SMILES string of the molecule is [B]C(NC(=O)C(F)(F)c1ccc(Cl)cc1)c1ccc2c(c1)CN(C1([B])CCC(=O)NC1=O)C2=O. The second-order valence-electron chi connectivity index (χ2n) is 8.14. The Morgan fingerprint density at radius 1 is 1.18 bits per heavy atom. The van der Waals surface area contributed by atoms with Crippen molar-refractivity contribution in [3.8, 4) is 0 Å². The third kappa shape index (κ3) is 4.09. The normalized spacial score (nSPS) is 21.1. The van der Waals surface area contributed by atoms with Crippen molar-refractivity contribution < 1.29 is 28.0 Å². The summed E-state index contributed by atoms with van der Waals surface area (Å²) in [5.41, 5.74) is -1.28. The molecule has 4 radical (unpaired) electrons. The van der Waals surface area contributed by atoms with Gasteiger partial charge in [-0.3, -0.25) is 24.5 Å². The van der Waals surface area contributed by atoms with Crippen LogP contribution >= 0.6 is 11.6 Å². The van der Waals surface area contributed by atoms with Crippen LogP contribution in [-0.4, -0.2) is 49.7 Å². The number of amides is 4. The van der Waals surface area contributed by atoms with Crippen LogP contribution in [0, 0.1) is 0 Å². The van der Waals surface area contributed by atoms with E-state index in [4.69, 9.17) is 27.3 Å². The van der Waals surface area contributed by atoms with E-state index in [-0.39, 0.29) is 35.5 Å². The number of rotatable bonds is 5. The van der Waals surface area contributed by atoms with E-state index in [1.54, 1.807) is 0 Å². The van der Waals surface area contributed by atoms with E-state index in [1.165, 1.54) is 30.3 Å². The van der Waals surface area contributed by atoms with Gasteiger partial charge in [0.25, 0.3) is 11.8 Å². The van der Waals surface area contributed by atoms with Gasteiger partial charge < -0.3 is 10.2 Å². The van der Waals surface area contributed by atoms with E-state index >= 15 is 0 Å². The Morgan fingerprint density at radius 2 is 1.85 bits per heavy atom. The molecule has 34 heavy (non-hydrogen) atoms. The number of carbonyl (C=O) groups excluding carboxylic acids is 4. The van der Waals surface area contributed by atoms with Gasteiger partial charge in [-0.2, -0.15) is 8.78 Å². The van der Waals surface area contributed by atoms with Crippen molar-refractivity contribution in [2.45, 2.75) is 36.7 Å². The van der Waals surface area contributed by atoms with Crippen molar-refractivity contribution in [2.24, 2.45) is 0 Å². The average Bonchev–Trinajstić information content (AvgIpc) is 3.13. The van der Waals surface area contributed by atoms with Gasteiger partial charge in [0.05, 0.1) is 5.44 Å². The van der Waals surface area contributed by atoms with E-state index in [2.05, 4.69) is 10.6 Å². The highest BCUT2D eigenvalue weighted by atomic mass is 35.5. The van der Waals surface area contributed by atoms with Crippen molar-refractivity contribution in [2.75, 3.05) is 0 Å². The maximum absolute atomic E-state index is 14.6. The number of benzene rings is 2. The fourth-order valence-electron chi connectivity index (χ4n) is 3.93. The minimum atomic E-state index is -3.86. The van der Waals surface area contributed by atoms with Crippen LogP contribution in [0.15, 0.2) is 42.5 Å². The van der Waals surface area contributed by atoms with Crippen LogP contribution in [0.25, 0.3) is 0 Å². The lowest BCUT2D eigenvalue weighted by atomic mass is 9.70. The summed E-state index contributed by atoms with van der Waals surface area (Å²) in [5, 5.41) is 4.46. The Hall–Kier alpha value is -3.20. The van der Waals surface area contributed by atoms with Crippen LogP contribution in [0.3, 0.4) is 0 Å². The number of imide groups is 1. The molecular formula is C22H16B2ClF2N3O4. The predicted octanol–water partition coefficient (Wildman–Crippen LogP) is 1.67. The maximum atomic E-state index is 14.6. The largest absolute Gasteiger partial charge is 0.352 e. The fourth-order valence-corrected chi connectivity index (χ4v) is 4.06. The lowest BCUT2D eigenvalue weighted by molar-refractivity contribution is -0.147. The van der Waals surface area contributed by atoms with Gasteiger partial charge in [0, 0.05) is 35.1 Å². The molecule has 2 N–H and O–H groups in total. The minimum absolute atomic E-state index is 0.0215. The third-order valence-electron chi connectivity index (χ3n) is 5.93. The zero-order valence-corrected chi connectivity index (χ0v) is 18.4. The van der Waals surface area contributed by atoms with E-state index in [1.807, 2.05) is 0 Å². The standard InChI is InChI=1S/C22H16B2ClF2N3O4/c23-17(29-20(34)22(26,27)13-2-4-14(25)5-3-13)11-1-6-15-12(9-11)10-30(18(15)32)21(24)8-7-16(31)28-19(21)33/h1-6,9,17H,7-8,10H2,(H,29,34)(H,28,31,33). The van der Waals surface area contributed by atoms with Gasteiger partial charge in [-0.25, -0.2) is 0 Å². The van der Waals surface area contributed by atoms with Gasteiger partial charge in [0.2, 0.25) is 11.8 Å². The molecular weight excluding hydrogens is 465 g/mol. The topological polar surface area (TPSA) is 95.6 Å². The van der Waals surface area contributed by atoms with Crippen LogP contribution in [0.4, 0.5) is 8.78 Å². The van der Waals surface area contributed by atoms with Crippen LogP contribution in [0.5, 0.6) is 0 Å². The second kappa shape index (κ2) is 8.54. The molecule has 170 valence electrons. The number of nitrogens with zero attached hydrogens (tertiary/aromatic N) is 1. The molecule has 0 spiro atoms. The molecule has 2 aliphatic rings. The van der Waals surface area contributed by atoms with Crippen molar-refractivity contribution in [1.82, 2.24) is 15.5 Å². The molecule has 2 atom stereocenters. The highest BCUT2D eigenvalue weighted by Crippen LogP contribution is 2.34. The molecule has 1 fully saturated rings. The molecule has 0 saturated carbocycles. The van der Waals surface area contributed by atoms with Crippen LogP contribution in [0.2, 0.25) is 5.02 Å². The number of nitrogens with one attached hydrogen (secondary N) is 2. The molecule has 7 nitrogen and oxygen atoms in total. The lowest BCUT2D eigenvalue weighted by Crippen LogP contribution is -2.63. The Bertz CT molecular complexity index is 1210. The first-order valence-electron chi connectivity index (χ1n) is 10.2. The Kier molecular flexibility index (Phi) is 6.01. The van der Waals surface area contributed by atoms with E-state index in [0.29, 0.717) is 5.56 Å². The zero-order chi connectivity index (χ0) is 24.8. The number of halogens is 3. The van der Waals surface area contributed by atoms with Gasteiger partial charge in [-0.05, 0) is 35.7 Å². The summed E-state index contributed by atoms with van der Waals surface area (Å²) >= 11 is 5.71. The lowest BCUT2D eigenvalue weighted by Gasteiger charge is -2.40. The number of hydrogen-bond donors (Lipinski definition) is 2. The van der Waals surface area contributed by atoms with Crippen molar-refractivity contribution in [1.29, 1.82) is 0 Å². The molecule has 2 heterocycles. The number of carbonyl (C=O) groups is 4. The summed E-state index contributed by atoms with van der Waals surface area (Å²) in [4.78, 5) is 50.1. The first-order valence-corrected chi connectivity index (χ1v) is 10.6. The molecule has 0 aliphatic carbocycles. The summed E-state index contributed by atoms with van der Waals surface area (Å²) in [6, 6.07) is 8.89. The highest BCUT2D eigenvalue weighted by Gasteiger charge is 2.48. The molecule has 0 aromatic heterocycles. The van der Waals surface area contributed by atoms with Gasteiger partial charge in [0.15, 0.2) is 0 Å². The Labute approximate surface area is 201 Å². The fraction of sp³-hybridized carbons (Fsp3) is 0.273. The molecule has 0 bridgehead atoms. The molecule has 2 aromatic rings. The number of piperidine rings is 1. The molecule has 12 heteroatoms. The maximum Gasteiger partial charge on any atom is 0.349 e. The number of fused-ring (bicyclic) bond motifs is 1. The average molecular weight is 481 g/mol. The monoisotopic (exact) mass is 481 g/mol. The summed E-state index contributed by atoms with van der Waals surface area (Å²) < 4.78 is 29.1. The van der Waals surface area contributed by atoms with E-state index < -0.39 is 46.5 Å². The predicted molar refractivity (Wildman–Crippen MR) is 119 cm³/mol. The summed E-state index contributed by atoms with van der Waals surface area (Å²) in [6.45, 7) is -0.0539. The molecule has 1 saturated heterocycles. The zero-order valence-electron chi connectivity index (χ0n) is 17.6. The van der Waals surface area contributed by atoms with Gasteiger partial charge in [-0.1, -0.05) is 35.9 Å². The molecule has 2 unspecified atom stereocenters. The molecule has 2 aliphatic heterocycles. The molecule has 2 aromatic carbocycles. The first kappa shape index (κ1) is 23.9. The van der Waals surface area contributed by atoms with Crippen molar-refractivity contribution >= 4 is 50.9 Å². The summed E-state index contributed by atoms with van der Waals surface area (Å²) in [6.07, 6.45) is -0.0635. The number of alkyl halides is 2. The Morgan fingerprint density at radius 3 is 2.50 bits per heavy atom. The number of hydrogen-bond acceptors (Lipinski definition) is 4. The second-order valence-corrected chi connectivity index (χ2v) is 8.58. The van der Waals surface area contributed by atoms with Gasteiger partial charge in [-0.15, -0.1) is 0 Å². The highest BCUT2D eigenvalue weighted by molar-refractivity contribution is 6.32. The first-order chi connectivity index (χ1) is 15.9. The summed E-state index contributed by atoms with van der Waals surface area (Å²) in [7, 11) is 12.1. The summed E-state index contributed by atoms with van der Waals surface area (Å²) in [5.74, 6) is -8.54. The van der Waals surface area contributed by atoms with E-state index in [0.717, 1.165) is 17.0 Å². The quantitative estimate of drug-likeness (QED) is 0.502. The van der Waals surface area contributed by atoms with E-state index in [9.17, 15) is 28.0 Å². The van der Waals surface area contributed by atoms with Crippen LogP contribution in [0.1, 0.15) is 45.8 Å². The van der Waals surface area contributed by atoms with Crippen LogP contribution < -0.4 is 10.6 Å². The van der Waals surface area contributed by atoms with Gasteiger partial charge in [0.1, 0.15) is 15.7 Å². The smallest absolute Gasteiger partial charge is 0.349 e. The minimum Gasteiger partial charge on any atom is -0.352 e. The van der Waals surface area contributed by atoms with Crippen molar-refractivity contribution in [3.05, 3.63) is 69.7 Å². The Balaban J connectivity index is 1.51. The van der Waals surface area contributed by atoms with Gasteiger partial charge >= 0.3 is 5.92 Å². The molecule has 4 rings (SSSR count). The van der Waals surface area contributed by atoms with Crippen LogP contribution in [-0.2, 0) is 26.9 Å². The molecule has 4 amide bonds. The third-order valence-corrected chi connectivity index (χ3v) is 6.18.